The number of carbonyl (C=O) groups is 9. The molecule has 0 saturated heterocycles. The molecule has 0 aromatic heterocycles. The Hall–Kier alpha value is -9.61. The van der Waals surface area contributed by atoms with Gasteiger partial charge in [-0.25, -0.2) is 9.59 Å². The number of phenols is 2. The lowest BCUT2D eigenvalue weighted by Gasteiger charge is -2.21. The third-order valence-corrected chi connectivity index (χ3v) is 11.4. The van der Waals surface area contributed by atoms with E-state index in [1.807, 2.05) is 24.3 Å². The number of amides is 7. The van der Waals surface area contributed by atoms with Gasteiger partial charge in [-0.1, -0.05) is 84.9 Å². The summed E-state index contributed by atoms with van der Waals surface area (Å²) in [5, 5.41) is 54.8. The second-order valence-corrected chi connectivity index (χ2v) is 18.3. The standard InChI is InChI=1S/C51H60N10O9.2C2HF3O2/c1-31(56-44(53)28-36-15-23-40(63)24-16-36)47(66)54-29-45(64)60-42(26-33-9-5-3-6-10-33)50(69)58-37-17-19-38(20-18-37)59-51(70)43(27-34-11-7-4-8-12-34)61-46(65)30-55-48(67)32(2)57-49(68)41(52)25-35-13-21-39(62)22-14-35;2*3-2(4,5)1(6)7/h3-24,31-32,41-44,56,62-63H,25-30,52-53H2,1-2H3,(H,54,66)(H,55,67)(H,57,68)(H,58,69)(H,59,70)(H,60,64)(H,61,65);2*(H,6,7)/t31-,32+,41-,42+,43-,44+;;/m0../s1. The topological polar surface area (TPSA) is 383 Å². The van der Waals surface area contributed by atoms with Crippen LogP contribution in [0.5, 0.6) is 11.5 Å². The van der Waals surface area contributed by atoms with Gasteiger partial charge in [0.15, 0.2) is 0 Å². The average molecular weight is 1190 g/mol. The maximum Gasteiger partial charge on any atom is 0.490 e. The van der Waals surface area contributed by atoms with Gasteiger partial charge in [0.2, 0.25) is 41.4 Å². The number of carboxylic acid groups (broad SMARTS) is 2. The van der Waals surface area contributed by atoms with Gasteiger partial charge in [-0.05, 0) is 91.1 Å². The van der Waals surface area contributed by atoms with Crippen molar-refractivity contribution in [2.24, 2.45) is 11.5 Å². The second kappa shape index (κ2) is 33.3. The monoisotopic (exact) mass is 1180 g/mol. The summed E-state index contributed by atoms with van der Waals surface area (Å²) in [6.07, 6.45) is -9.96. The van der Waals surface area contributed by atoms with E-state index in [-0.39, 0.29) is 30.8 Å². The summed E-state index contributed by atoms with van der Waals surface area (Å²) in [6, 6.07) is 32.1. The molecule has 0 aliphatic heterocycles. The van der Waals surface area contributed by atoms with E-state index in [4.69, 9.17) is 31.3 Å². The Morgan fingerprint density at radius 1 is 0.440 bits per heavy atom. The molecule has 5 rings (SSSR count). The van der Waals surface area contributed by atoms with Gasteiger partial charge >= 0.3 is 24.3 Å². The molecule has 6 atom stereocenters. The minimum Gasteiger partial charge on any atom is -0.508 e. The molecular weight excluding hydrogens is 1120 g/mol. The Labute approximate surface area is 475 Å². The average Bonchev–Trinajstić information content (AvgIpc) is 3.64. The number of alkyl halides is 6. The quantitative estimate of drug-likeness (QED) is 0.0312. The molecule has 84 heavy (non-hydrogen) atoms. The first-order valence-electron chi connectivity index (χ1n) is 25.1. The highest BCUT2D eigenvalue weighted by atomic mass is 19.4. The lowest BCUT2D eigenvalue weighted by molar-refractivity contribution is -0.193. The van der Waals surface area contributed by atoms with Crippen molar-refractivity contribution in [3.63, 3.8) is 0 Å². The SMILES string of the molecule is C[C@H](N[C@@H](N)Cc1ccc(O)cc1)C(=O)NCC(=O)N[C@H](Cc1ccccc1)C(=O)Nc1ccc(NC(=O)[C@H](Cc2ccccc2)NC(=O)CNC(=O)[C@@H](C)NC(=O)[C@@H](N)Cc2ccc(O)cc2)cc1.O=C(O)C(F)(F)F.O=C(O)C(F)(F)F. The van der Waals surface area contributed by atoms with E-state index in [0.29, 0.717) is 23.4 Å². The van der Waals surface area contributed by atoms with E-state index in [1.165, 1.54) is 19.1 Å². The van der Waals surface area contributed by atoms with Gasteiger partial charge in [-0.3, -0.25) is 38.9 Å². The van der Waals surface area contributed by atoms with Gasteiger partial charge in [0.25, 0.3) is 0 Å². The minimum atomic E-state index is -5.08. The molecule has 29 heteroatoms. The first-order chi connectivity index (χ1) is 39.4. The molecule has 0 heterocycles. The van der Waals surface area contributed by atoms with Crippen LogP contribution in [0.25, 0.3) is 0 Å². The first-order valence-corrected chi connectivity index (χ1v) is 25.1. The summed E-state index contributed by atoms with van der Waals surface area (Å²) >= 11 is 0. The van der Waals surface area contributed by atoms with Crippen LogP contribution in [0, 0.1) is 0 Å². The van der Waals surface area contributed by atoms with Crippen LogP contribution in [-0.4, -0.2) is 136 Å². The number of rotatable bonds is 24. The summed E-state index contributed by atoms with van der Waals surface area (Å²) in [5.74, 6) is -9.42. The lowest BCUT2D eigenvalue weighted by Crippen LogP contribution is -2.53. The number of carboxylic acids is 2. The highest BCUT2D eigenvalue weighted by Crippen LogP contribution is 2.18. The van der Waals surface area contributed by atoms with Crippen molar-refractivity contribution >= 4 is 64.7 Å². The summed E-state index contributed by atoms with van der Waals surface area (Å²) in [5.41, 5.74) is 16.0. The van der Waals surface area contributed by atoms with E-state index < -0.39 is 115 Å². The Morgan fingerprint density at radius 2 is 0.774 bits per heavy atom. The van der Waals surface area contributed by atoms with Crippen LogP contribution >= 0.6 is 0 Å². The number of halogens is 6. The van der Waals surface area contributed by atoms with E-state index in [1.54, 1.807) is 104 Å². The van der Waals surface area contributed by atoms with Crippen LogP contribution in [0.15, 0.2) is 133 Å². The fourth-order valence-electron chi connectivity index (χ4n) is 7.05. The number of hydrogen-bond acceptors (Lipinski definition) is 14. The second-order valence-electron chi connectivity index (χ2n) is 18.3. The van der Waals surface area contributed by atoms with Gasteiger partial charge in [0, 0.05) is 30.6 Å². The van der Waals surface area contributed by atoms with Gasteiger partial charge in [0.05, 0.1) is 31.3 Å². The number of benzene rings is 5. The van der Waals surface area contributed by atoms with Crippen molar-refractivity contribution in [3.05, 3.63) is 156 Å². The van der Waals surface area contributed by atoms with Crippen molar-refractivity contribution in [1.82, 2.24) is 31.9 Å². The minimum absolute atomic E-state index is 0.0723. The third kappa shape index (κ3) is 26.3. The van der Waals surface area contributed by atoms with Crippen LogP contribution in [0.3, 0.4) is 0 Å². The summed E-state index contributed by atoms with van der Waals surface area (Å²) in [7, 11) is 0. The van der Waals surface area contributed by atoms with Crippen molar-refractivity contribution in [2.75, 3.05) is 23.7 Å². The molecule has 16 N–H and O–H groups in total. The molecule has 0 aliphatic rings. The van der Waals surface area contributed by atoms with Crippen molar-refractivity contribution in [3.8, 4) is 11.5 Å². The van der Waals surface area contributed by atoms with Gasteiger partial charge in [0.1, 0.15) is 29.6 Å². The number of nitrogens with one attached hydrogen (secondary N) is 8. The largest absolute Gasteiger partial charge is 0.508 e. The van der Waals surface area contributed by atoms with E-state index in [2.05, 4.69) is 42.5 Å². The Morgan fingerprint density at radius 3 is 1.13 bits per heavy atom. The fraction of sp³-hybridized carbons (Fsp3) is 0.291. The normalized spacial score (nSPS) is 13.1. The molecule has 0 aliphatic carbocycles. The van der Waals surface area contributed by atoms with E-state index in [9.17, 15) is 70.1 Å². The lowest BCUT2D eigenvalue weighted by atomic mass is 10.0. The molecule has 0 bridgehead atoms. The Kier molecular flexibility index (Phi) is 27.3. The molecule has 7 amide bonds. The molecule has 0 fully saturated rings. The van der Waals surface area contributed by atoms with E-state index in [0.717, 1.165) is 16.7 Å². The molecule has 5 aromatic rings. The number of phenolic OH excluding ortho intramolecular Hbond substituents is 2. The number of nitrogens with two attached hydrogens (primary N) is 2. The molecule has 23 nitrogen and oxygen atoms in total. The molecular formula is C55H62F6N10O13. The smallest absolute Gasteiger partial charge is 0.490 e. The van der Waals surface area contributed by atoms with Crippen molar-refractivity contribution in [1.29, 1.82) is 0 Å². The zero-order valence-corrected chi connectivity index (χ0v) is 44.8. The third-order valence-electron chi connectivity index (χ3n) is 11.4. The molecule has 5 aromatic carbocycles. The van der Waals surface area contributed by atoms with Crippen molar-refractivity contribution < 1.29 is 89.9 Å². The highest BCUT2D eigenvalue weighted by Gasteiger charge is 2.39. The van der Waals surface area contributed by atoms with Crippen LogP contribution in [0.1, 0.15) is 36.1 Å². The number of aliphatic carboxylic acids is 2. The molecule has 0 spiro atoms. The van der Waals surface area contributed by atoms with Crippen molar-refractivity contribution in [2.45, 2.75) is 88.3 Å². The van der Waals surface area contributed by atoms with Crippen LogP contribution in [0.2, 0.25) is 0 Å². The Balaban J connectivity index is 0.00000117. The number of hydrogen-bond donors (Lipinski definition) is 14. The van der Waals surface area contributed by atoms with E-state index >= 15 is 0 Å². The predicted octanol–water partition coefficient (Wildman–Crippen LogP) is 2.51. The highest BCUT2D eigenvalue weighted by molar-refractivity contribution is 6.00. The molecule has 0 saturated carbocycles. The maximum absolute atomic E-state index is 13.7. The molecule has 0 radical (unpaired) electrons. The number of anilines is 2. The van der Waals surface area contributed by atoms with Gasteiger partial charge in [-0.2, -0.15) is 26.3 Å². The molecule has 452 valence electrons. The van der Waals surface area contributed by atoms with Crippen LogP contribution < -0.4 is 54.0 Å². The Bertz CT molecular complexity index is 2960. The maximum atomic E-state index is 13.7. The van der Waals surface area contributed by atoms with Crippen LogP contribution in [0.4, 0.5) is 37.7 Å². The number of aromatic hydroxyl groups is 2. The van der Waals surface area contributed by atoms with Gasteiger partial charge in [-0.15, -0.1) is 0 Å². The predicted molar refractivity (Wildman–Crippen MR) is 291 cm³/mol. The summed E-state index contributed by atoms with van der Waals surface area (Å²) < 4.78 is 63.5. The summed E-state index contributed by atoms with van der Waals surface area (Å²) in [4.78, 5) is 110. The zero-order chi connectivity index (χ0) is 62.7. The first kappa shape index (κ1) is 68.7. The summed E-state index contributed by atoms with van der Waals surface area (Å²) in [6.45, 7) is 2.13. The number of carbonyl (C=O) groups excluding carboxylic acids is 7. The van der Waals surface area contributed by atoms with Gasteiger partial charge < -0.3 is 69.1 Å². The fourth-order valence-corrected chi connectivity index (χ4v) is 7.05. The zero-order valence-electron chi connectivity index (χ0n) is 44.8. The van der Waals surface area contributed by atoms with Crippen LogP contribution in [-0.2, 0) is 68.8 Å². The molecule has 0 unspecified atom stereocenters.